The Morgan fingerprint density at radius 3 is 2.52 bits per heavy atom. The molecule has 2 aromatic rings. The molecule has 1 aliphatic heterocycles. The molecule has 2 heterocycles. The highest BCUT2D eigenvalue weighted by atomic mass is 32.1. The minimum Gasteiger partial charge on any atom is -0.503 e. The van der Waals surface area contributed by atoms with Crippen LogP contribution < -0.4 is 4.90 Å². The van der Waals surface area contributed by atoms with E-state index in [0.717, 1.165) is 22.6 Å². The number of aryl methyl sites for hydroxylation is 1. The number of benzene rings is 1. The lowest BCUT2D eigenvalue weighted by molar-refractivity contribution is -0.118. The predicted octanol–water partition coefficient (Wildman–Crippen LogP) is 4.85. The Bertz CT molecular complexity index is 948. The van der Waals surface area contributed by atoms with Gasteiger partial charge in [-0.1, -0.05) is 13.8 Å². The van der Waals surface area contributed by atoms with E-state index in [1.807, 2.05) is 32.2 Å². The van der Waals surface area contributed by atoms with Crippen molar-refractivity contribution in [3.63, 3.8) is 0 Å². The number of aliphatic hydroxyl groups excluding tert-OH is 1. The molecular formula is C20H19F2NO3S. The first-order valence-corrected chi connectivity index (χ1v) is 9.39. The number of amides is 1. The third kappa shape index (κ3) is 3.39. The third-order valence-electron chi connectivity index (χ3n) is 4.43. The van der Waals surface area contributed by atoms with E-state index in [1.54, 1.807) is 0 Å². The molecule has 0 saturated carbocycles. The number of aliphatic hydroxyl groups is 1. The van der Waals surface area contributed by atoms with Crippen LogP contribution in [-0.2, 0) is 9.59 Å². The van der Waals surface area contributed by atoms with Gasteiger partial charge >= 0.3 is 0 Å². The molecule has 0 bridgehead atoms. The lowest BCUT2D eigenvalue weighted by Gasteiger charge is -2.26. The van der Waals surface area contributed by atoms with Crippen LogP contribution in [-0.4, -0.2) is 16.8 Å². The predicted molar refractivity (Wildman–Crippen MR) is 99.8 cm³/mol. The molecule has 1 aromatic heterocycles. The van der Waals surface area contributed by atoms with E-state index in [1.165, 1.54) is 17.4 Å². The van der Waals surface area contributed by atoms with Crippen LogP contribution in [0.25, 0.3) is 0 Å². The molecule has 27 heavy (non-hydrogen) atoms. The van der Waals surface area contributed by atoms with Crippen LogP contribution in [0.15, 0.2) is 41.0 Å². The summed E-state index contributed by atoms with van der Waals surface area (Å²) < 4.78 is 27.1. The molecule has 0 spiro atoms. The van der Waals surface area contributed by atoms with Gasteiger partial charge in [0.25, 0.3) is 5.91 Å². The summed E-state index contributed by atoms with van der Waals surface area (Å²) in [7, 11) is 0. The molecule has 1 unspecified atom stereocenters. The summed E-state index contributed by atoms with van der Waals surface area (Å²) in [4.78, 5) is 27.4. The zero-order chi connectivity index (χ0) is 19.9. The molecule has 1 aliphatic rings. The fourth-order valence-corrected chi connectivity index (χ4v) is 4.21. The number of anilines is 1. The Labute approximate surface area is 159 Å². The maximum Gasteiger partial charge on any atom is 0.294 e. The van der Waals surface area contributed by atoms with E-state index in [2.05, 4.69) is 0 Å². The number of hydrogen-bond acceptors (Lipinski definition) is 4. The van der Waals surface area contributed by atoms with Crippen molar-refractivity contribution in [3.8, 4) is 0 Å². The summed E-state index contributed by atoms with van der Waals surface area (Å²) in [5.41, 5.74) is 0.925. The van der Waals surface area contributed by atoms with Crippen molar-refractivity contribution in [1.29, 1.82) is 0 Å². The van der Waals surface area contributed by atoms with Crippen molar-refractivity contribution >= 4 is 28.7 Å². The number of rotatable bonds is 5. The Hall–Kier alpha value is -2.54. The van der Waals surface area contributed by atoms with Crippen molar-refractivity contribution in [2.24, 2.45) is 5.92 Å². The van der Waals surface area contributed by atoms with Crippen LogP contribution in [0, 0.1) is 24.5 Å². The van der Waals surface area contributed by atoms with Gasteiger partial charge in [0, 0.05) is 23.1 Å². The maximum atomic E-state index is 13.8. The molecule has 1 N–H and O–H groups in total. The lowest BCUT2D eigenvalue weighted by atomic mass is 9.94. The topological polar surface area (TPSA) is 57.6 Å². The molecule has 0 radical (unpaired) electrons. The number of nitrogens with zero attached hydrogens (tertiary/aromatic N) is 1. The zero-order valence-corrected chi connectivity index (χ0v) is 15.9. The number of thiophene rings is 1. The number of hydrogen-bond donors (Lipinski definition) is 1. The molecule has 1 amide bonds. The van der Waals surface area contributed by atoms with E-state index in [0.29, 0.717) is 4.88 Å². The van der Waals surface area contributed by atoms with Gasteiger partial charge in [0.2, 0.25) is 0 Å². The molecule has 0 aliphatic carbocycles. The molecule has 0 fully saturated rings. The normalized spacial score (nSPS) is 17.3. The van der Waals surface area contributed by atoms with E-state index >= 15 is 0 Å². The van der Waals surface area contributed by atoms with Crippen LogP contribution >= 0.6 is 11.3 Å². The van der Waals surface area contributed by atoms with Crippen LogP contribution in [0.4, 0.5) is 14.5 Å². The standard InChI is InChI=1S/C20H19F2NO3S/c1-10(2)8-15(24)16-17(19-11(3)6-7-27-19)23(20(26)18(16)25)12-4-5-13(21)14(22)9-12/h4-7,9-10,17,25H,8H2,1-3H3. The number of Topliss-reactive ketones (excluding diaryl/α,β-unsaturated/α-hetero) is 1. The summed E-state index contributed by atoms with van der Waals surface area (Å²) in [6.45, 7) is 5.56. The van der Waals surface area contributed by atoms with Crippen molar-refractivity contribution < 1.29 is 23.5 Å². The van der Waals surface area contributed by atoms with Gasteiger partial charge in [-0.25, -0.2) is 8.78 Å². The monoisotopic (exact) mass is 391 g/mol. The quantitative estimate of drug-likeness (QED) is 0.793. The van der Waals surface area contributed by atoms with Gasteiger partial charge in [-0.05, 0) is 42.0 Å². The highest BCUT2D eigenvalue weighted by molar-refractivity contribution is 7.10. The van der Waals surface area contributed by atoms with Crippen LogP contribution in [0.2, 0.25) is 0 Å². The zero-order valence-electron chi connectivity index (χ0n) is 15.1. The van der Waals surface area contributed by atoms with E-state index in [9.17, 15) is 23.5 Å². The molecule has 3 rings (SSSR count). The second-order valence-corrected chi connectivity index (χ2v) is 7.88. The van der Waals surface area contributed by atoms with Gasteiger partial charge < -0.3 is 5.11 Å². The number of ketones is 1. The molecular weight excluding hydrogens is 372 g/mol. The lowest BCUT2D eigenvalue weighted by Crippen LogP contribution is -2.31. The van der Waals surface area contributed by atoms with E-state index < -0.39 is 29.3 Å². The first-order chi connectivity index (χ1) is 12.7. The largest absolute Gasteiger partial charge is 0.503 e. The fourth-order valence-electron chi connectivity index (χ4n) is 3.18. The van der Waals surface area contributed by atoms with Gasteiger partial charge in [-0.15, -0.1) is 11.3 Å². The molecule has 1 atom stereocenters. The average Bonchev–Trinajstić information content (AvgIpc) is 3.11. The SMILES string of the molecule is Cc1ccsc1C1C(C(=O)CC(C)C)=C(O)C(=O)N1c1ccc(F)c(F)c1. The minimum atomic E-state index is -1.11. The highest BCUT2D eigenvalue weighted by Crippen LogP contribution is 2.44. The van der Waals surface area contributed by atoms with Gasteiger partial charge in [-0.3, -0.25) is 14.5 Å². The maximum absolute atomic E-state index is 13.8. The van der Waals surface area contributed by atoms with Crippen molar-refractivity contribution in [1.82, 2.24) is 0 Å². The third-order valence-corrected chi connectivity index (χ3v) is 5.50. The summed E-state index contributed by atoms with van der Waals surface area (Å²) in [6.07, 6.45) is 0.166. The minimum absolute atomic E-state index is 0.00369. The van der Waals surface area contributed by atoms with Crippen molar-refractivity contribution in [3.05, 3.63) is 63.1 Å². The first kappa shape index (κ1) is 19.2. The Kier molecular flexibility index (Phi) is 5.15. The van der Waals surface area contributed by atoms with E-state index in [-0.39, 0.29) is 29.4 Å². The molecule has 1 aromatic carbocycles. The van der Waals surface area contributed by atoms with Gasteiger partial charge in [0.1, 0.15) is 6.04 Å². The summed E-state index contributed by atoms with van der Waals surface area (Å²) in [6, 6.07) is 4.05. The fraction of sp³-hybridized carbons (Fsp3) is 0.300. The summed E-state index contributed by atoms with van der Waals surface area (Å²) >= 11 is 1.34. The second-order valence-electron chi connectivity index (χ2n) is 6.93. The van der Waals surface area contributed by atoms with Crippen molar-refractivity contribution in [2.45, 2.75) is 33.2 Å². The van der Waals surface area contributed by atoms with Gasteiger partial charge in [-0.2, -0.15) is 0 Å². The van der Waals surface area contributed by atoms with Crippen molar-refractivity contribution in [2.75, 3.05) is 4.90 Å². The highest BCUT2D eigenvalue weighted by Gasteiger charge is 2.45. The van der Waals surface area contributed by atoms with Crippen LogP contribution in [0.5, 0.6) is 0 Å². The van der Waals surface area contributed by atoms with Gasteiger partial charge in [0.15, 0.2) is 23.2 Å². The second kappa shape index (κ2) is 7.23. The Morgan fingerprint density at radius 2 is 1.96 bits per heavy atom. The van der Waals surface area contributed by atoms with Crippen LogP contribution in [0.1, 0.15) is 36.8 Å². The smallest absolute Gasteiger partial charge is 0.294 e. The molecule has 0 saturated heterocycles. The number of carbonyl (C=O) groups is 2. The van der Waals surface area contributed by atoms with Crippen LogP contribution in [0.3, 0.4) is 0 Å². The van der Waals surface area contributed by atoms with E-state index in [4.69, 9.17) is 0 Å². The molecule has 7 heteroatoms. The number of halogens is 2. The Morgan fingerprint density at radius 1 is 1.26 bits per heavy atom. The van der Waals surface area contributed by atoms with Gasteiger partial charge in [0.05, 0.1) is 5.57 Å². The summed E-state index contributed by atoms with van der Waals surface area (Å²) in [5, 5.41) is 12.3. The Balaban J connectivity index is 2.16. The molecule has 4 nitrogen and oxygen atoms in total. The first-order valence-electron chi connectivity index (χ1n) is 8.51. The number of carbonyl (C=O) groups excluding carboxylic acids is 2. The average molecular weight is 391 g/mol. The summed E-state index contributed by atoms with van der Waals surface area (Å²) in [5.74, 6) is -3.88. The molecule has 142 valence electrons.